The van der Waals surface area contributed by atoms with Crippen molar-refractivity contribution in [2.75, 3.05) is 13.1 Å². The monoisotopic (exact) mass is 189 g/mol. The highest BCUT2D eigenvalue weighted by atomic mass is 14.8. The first-order chi connectivity index (χ1) is 6.72. The Morgan fingerprint density at radius 2 is 1.79 bits per heavy atom. The van der Waals surface area contributed by atoms with Gasteiger partial charge in [-0.2, -0.15) is 0 Å². The molecule has 0 bridgehead atoms. The lowest BCUT2D eigenvalue weighted by atomic mass is 10.1. The Morgan fingerprint density at radius 3 is 2.36 bits per heavy atom. The van der Waals surface area contributed by atoms with E-state index < -0.39 is 0 Å². The van der Waals surface area contributed by atoms with Gasteiger partial charge in [0.05, 0.1) is 0 Å². The second kappa shape index (κ2) is 5.61. The molecule has 0 spiro atoms. The Kier molecular flexibility index (Phi) is 4.41. The average Bonchev–Trinajstić information content (AvgIpc) is 2.11. The van der Waals surface area contributed by atoms with Gasteiger partial charge >= 0.3 is 0 Å². The lowest BCUT2D eigenvalue weighted by Crippen LogP contribution is -2.11. The van der Waals surface area contributed by atoms with E-state index in [-0.39, 0.29) is 0 Å². The van der Waals surface area contributed by atoms with E-state index in [1.165, 1.54) is 16.7 Å². The summed E-state index contributed by atoms with van der Waals surface area (Å²) in [6.07, 6.45) is 4.33. The number of hydrogen-bond donors (Lipinski definition) is 1. The second-order valence-electron chi connectivity index (χ2n) is 3.63. The quantitative estimate of drug-likeness (QED) is 0.718. The van der Waals surface area contributed by atoms with E-state index in [4.69, 9.17) is 0 Å². The minimum Gasteiger partial charge on any atom is -0.314 e. The second-order valence-corrected chi connectivity index (χ2v) is 3.63. The number of rotatable bonds is 4. The molecule has 0 saturated carbocycles. The first-order valence-corrected chi connectivity index (χ1v) is 5.18. The van der Waals surface area contributed by atoms with Gasteiger partial charge in [-0.15, -0.1) is 0 Å². The van der Waals surface area contributed by atoms with Gasteiger partial charge in [-0.05, 0) is 26.0 Å². The van der Waals surface area contributed by atoms with E-state index in [2.05, 4.69) is 56.4 Å². The Hall–Kier alpha value is -1.08. The predicted octanol–water partition coefficient (Wildman–Crippen LogP) is 2.93. The highest BCUT2D eigenvalue weighted by molar-refractivity contribution is 5.51. The number of nitrogens with one attached hydrogen (secondary N) is 1. The van der Waals surface area contributed by atoms with Crippen LogP contribution in [0.2, 0.25) is 0 Å². The molecule has 0 aliphatic carbocycles. The zero-order valence-electron chi connectivity index (χ0n) is 9.30. The van der Waals surface area contributed by atoms with Crippen LogP contribution in [0.3, 0.4) is 0 Å². The SMILES string of the molecule is CCNCC=Cc1cc(C)cc(C)c1. The maximum Gasteiger partial charge on any atom is 0.0138 e. The van der Waals surface area contributed by atoms with Crippen molar-refractivity contribution in [3.05, 3.63) is 41.0 Å². The van der Waals surface area contributed by atoms with Crippen LogP contribution >= 0.6 is 0 Å². The predicted molar refractivity (Wildman–Crippen MR) is 63.5 cm³/mol. The third-order valence-electron chi connectivity index (χ3n) is 2.07. The Balaban J connectivity index is 2.62. The molecule has 0 amide bonds. The number of aryl methyl sites for hydroxylation is 2. The molecular formula is C13H19N. The zero-order valence-corrected chi connectivity index (χ0v) is 9.30. The average molecular weight is 189 g/mol. The molecule has 76 valence electrons. The summed E-state index contributed by atoms with van der Waals surface area (Å²) in [6, 6.07) is 6.60. The topological polar surface area (TPSA) is 12.0 Å². The molecule has 1 heteroatoms. The highest BCUT2D eigenvalue weighted by Crippen LogP contribution is 2.09. The molecule has 0 unspecified atom stereocenters. The van der Waals surface area contributed by atoms with E-state index in [0.29, 0.717) is 0 Å². The van der Waals surface area contributed by atoms with Gasteiger partial charge in [0.15, 0.2) is 0 Å². The van der Waals surface area contributed by atoms with Crippen LogP contribution in [0.4, 0.5) is 0 Å². The number of hydrogen-bond acceptors (Lipinski definition) is 1. The van der Waals surface area contributed by atoms with Crippen LogP contribution in [0, 0.1) is 13.8 Å². The minimum atomic E-state index is 0.948. The van der Waals surface area contributed by atoms with Gasteiger partial charge in [0.1, 0.15) is 0 Å². The largest absolute Gasteiger partial charge is 0.314 e. The highest BCUT2D eigenvalue weighted by Gasteiger charge is 1.90. The van der Waals surface area contributed by atoms with Crippen molar-refractivity contribution in [2.24, 2.45) is 0 Å². The van der Waals surface area contributed by atoms with Gasteiger partial charge in [-0.1, -0.05) is 48.4 Å². The fraction of sp³-hybridized carbons (Fsp3) is 0.385. The lowest BCUT2D eigenvalue weighted by Gasteiger charge is -2.00. The standard InChI is InChI=1S/C13H19N/c1-4-14-7-5-6-13-9-11(2)8-12(3)10-13/h5-6,8-10,14H,4,7H2,1-3H3. The van der Waals surface area contributed by atoms with Crippen LogP contribution in [-0.2, 0) is 0 Å². The minimum absolute atomic E-state index is 0.948. The van der Waals surface area contributed by atoms with Gasteiger partial charge in [-0.25, -0.2) is 0 Å². The van der Waals surface area contributed by atoms with Gasteiger partial charge < -0.3 is 5.32 Å². The molecule has 1 aromatic rings. The molecule has 1 nitrogen and oxygen atoms in total. The summed E-state index contributed by atoms with van der Waals surface area (Å²) in [5, 5.41) is 3.26. The molecule has 0 fully saturated rings. The molecule has 14 heavy (non-hydrogen) atoms. The van der Waals surface area contributed by atoms with Crippen molar-refractivity contribution in [1.82, 2.24) is 5.32 Å². The molecule has 1 aromatic carbocycles. The van der Waals surface area contributed by atoms with E-state index in [9.17, 15) is 0 Å². The molecule has 1 rings (SSSR count). The summed E-state index contributed by atoms with van der Waals surface area (Å²) in [5.74, 6) is 0. The van der Waals surface area contributed by atoms with Gasteiger partial charge in [0.2, 0.25) is 0 Å². The molecule has 0 atom stereocenters. The number of benzene rings is 1. The molecule has 0 radical (unpaired) electrons. The fourth-order valence-corrected chi connectivity index (χ4v) is 1.53. The van der Waals surface area contributed by atoms with Crippen molar-refractivity contribution in [1.29, 1.82) is 0 Å². The Labute approximate surface area is 86.8 Å². The summed E-state index contributed by atoms with van der Waals surface area (Å²) in [7, 11) is 0. The van der Waals surface area contributed by atoms with Crippen LogP contribution in [0.25, 0.3) is 6.08 Å². The summed E-state index contributed by atoms with van der Waals surface area (Å²) in [6.45, 7) is 8.36. The maximum atomic E-state index is 3.26. The summed E-state index contributed by atoms with van der Waals surface area (Å²) in [4.78, 5) is 0. The summed E-state index contributed by atoms with van der Waals surface area (Å²) >= 11 is 0. The lowest BCUT2D eigenvalue weighted by molar-refractivity contribution is 0.801. The van der Waals surface area contributed by atoms with Crippen molar-refractivity contribution in [3.8, 4) is 0 Å². The van der Waals surface area contributed by atoms with Gasteiger partial charge in [0, 0.05) is 6.54 Å². The number of likely N-dealkylation sites (N-methyl/N-ethyl adjacent to an activating group) is 1. The normalized spacial score (nSPS) is 11.1. The third kappa shape index (κ3) is 3.75. The molecule has 0 heterocycles. The van der Waals surface area contributed by atoms with E-state index >= 15 is 0 Å². The van der Waals surface area contributed by atoms with Crippen LogP contribution in [0.1, 0.15) is 23.6 Å². The third-order valence-corrected chi connectivity index (χ3v) is 2.07. The van der Waals surface area contributed by atoms with Gasteiger partial charge in [0.25, 0.3) is 0 Å². The van der Waals surface area contributed by atoms with Crippen LogP contribution in [0.5, 0.6) is 0 Å². The molecular weight excluding hydrogens is 170 g/mol. The van der Waals surface area contributed by atoms with Crippen LogP contribution in [0.15, 0.2) is 24.3 Å². The van der Waals surface area contributed by atoms with Crippen molar-refractivity contribution in [3.63, 3.8) is 0 Å². The van der Waals surface area contributed by atoms with E-state index in [1.54, 1.807) is 0 Å². The Bertz CT molecular complexity index is 293. The summed E-state index contributed by atoms with van der Waals surface area (Å²) < 4.78 is 0. The Morgan fingerprint density at radius 1 is 1.14 bits per heavy atom. The molecule has 0 aliphatic rings. The van der Waals surface area contributed by atoms with E-state index in [0.717, 1.165) is 13.1 Å². The van der Waals surface area contributed by atoms with Crippen molar-refractivity contribution in [2.45, 2.75) is 20.8 Å². The summed E-state index contributed by atoms with van der Waals surface area (Å²) in [5.41, 5.74) is 3.95. The first kappa shape index (κ1) is 11.0. The zero-order chi connectivity index (χ0) is 10.4. The van der Waals surface area contributed by atoms with Crippen molar-refractivity contribution < 1.29 is 0 Å². The fourth-order valence-electron chi connectivity index (χ4n) is 1.53. The van der Waals surface area contributed by atoms with Gasteiger partial charge in [-0.3, -0.25) is 0 Å². The molecule has 0 saturated heterocycles. The maximum absolute atomic E-state index is 3.26. The van der Waals surface area contributed by atoms with Crippen LogP contribution < -0.4 is 5.32 Å². The van der Waals surface area contributed by atoms with Crippen molar-refractivity contribution >= 4 is 6.08 Å². The first-order valence-electron chi connectivity index (χ1n) is 5.18. The molecule has 0 aliphatic heterocycles. The molecule has 1 N–H and O–H groups in total. The molecule has 0 aromatic heterocycles. The van der Waals surface area contributed by atoms with Crippen LogP contribution in [-0.4, -0.2) is 13.1 Å². The smallest absolute Gasteiger partial charge is 0.0138 e. The van der Waals surface area contributed by atoms with E-state index in [1.807, 2.05) is 0 Å².